The van der Waals surface area contributed by atoms with E-state index in [9.17, 15) is 4.79 Å². The lowest BCUT2D eigenvalue weighted by Gasteiger charge is -2.09. The van der Waals surface area contributed by atoms with Crippen molar-refractivity contribution in [3.63, 3.8) is 0 Å². The van der Waals surface area contributed by atoms with Gasteiger partial charge in [-0.1, -0.05) is 27.5 Å². The van der Waals surface area contributed by atoms with Crippen molar-refractivity contribution in [2.45, 2.75) is 0 Å². The fourth-order valence-electron chi connectivity index (χ4n) is 1.57. The zero-order valence-corrected chi connectivity index (χ0v) is 12.7. The Hall–Kier alpha value is -1.79. The van der Waals surface area contributed by atoms with Crippen LogP contribution >= 0.6 is 27.5 Å². The number of rotatable bonds is 4. The number of aromatic carboxylic acids is 1. The van der Waals surface area contributed by atoms with E-state index in [0.717, 1.165) is 4.47 Å². The van der Waals surface area contributed by atoms with E-state index in [4.69, 9.17) is 21.4 Å². The molecule has 0 radical (unpaired) electrons. The Labute approximate surface area is 128 Å². The fraction of sp³-hybridized carbons (Fsp3) is 0.0769. The Morgan fingerprint density at radius 3 is 2.80 bits per heavy atom. The number of halogens is 2. The van der Waals surface area contributed by atoms with Crippen LogP contribution in [0.5, 0.6) is 5.75 Å². The second-order valence-corrected chi connectivity index (χ2v) is 5.18. The summed E-state index contributed by atoms with van der Waals surface area (Å²) in [6.07, 6.45) is 1.29. The highest BCUT2D eigenvalue weighted by molar-refractivity contribution is 9.10. The van der Waals surface area contributed by atoms with Crippen LogP contribution in [-0.2, 0) is 0 Å². The lowest BCUT2D eigenvalue weighted by Crippen LogP contribution is -2.01. The number of benzene rings is 1. The summed E-state index contributed by atoms with van der Waals surface area (Å²) in [5, 5.41) is 12.1. The highest BCUT2D eigenvalue weighted by Crippen LogP contribution is 2.27. The summed E-state index contributed by atoms with van der Waals surface area (Å²) in [5.41, 5.74) is 0.702. The van der Waals surface area contributed by atoms with Crippen molar-refractivity contribution in [3.05, 3.63) is 45.5 Å². The molecule has 1 heterocycles. The molecule has 0 bridgehead atoms. The molecular formula is C13H10BrClN2O3. The molecule has 2 rings (SSSR count). The second kappa shape index (κ2) is 6.11. The molecule has 0 aliphatic rings. The first kappa shape index (κ1) is 14.6. The van der Waals surface area contributed by atoms with Gasteiger partial charge in [-0.05, 0) is 18.2 Å². The van der Waals surface area contributed by atoms with Gasteiger partial charge in [0.05, 0.1) is 17.7 Å². The standard InChI is InChI=1S/C13H10BrClN2O3/c1-20-9-3-7(14)2-8(4-9)17-12-5-10(13(18)19)11(15)6-16-12/h2-6H,1H3,(H,16,17)(H,18,19). The van der Waals surface area contributed by atoms with E-state index >= 15 is 0 Å². The van der Waals surface area contributed by atoms with Crippen LogP contribution < -0.4 is 10.1 Å². The smallest absolute Gasteiger partial charge is 0.337 e. The van der Waals surface area contributed by atoms with Crippen LogP contribution in [0.15, 0.2) is 34.9 Å². The molecule has 5 nitrogen and oxygen atoms in total. The third kappa shape index (κ3) is 3.40. The summed E-state index contributed by atoms with van der Waals surface area (Å²) >= 11 is 9.13. The van der Waals surface area contributed by atoms with Gasteiger partial charge >= 0.3 is 5.97 Å². The largest absolute Gasteiger partial charge is 0.497 e. The monoisotopic (exact) mass is 356 g/mol. The number of carbonyl (C=O) groups is 1. The van der Waals surface area contributed by atoms with Gasteiger partial charge in [0.2, 0.25) is 0 Å². The molecule has 0 aliphatic carbocycles. The lowest BCUT2D eigenvalue weighted by molar-refractivity contribution is 0.0697. The van der Waals surface area contributed by atoms with Crippen LogP contribution in [0.1, 0.15) is 10.4 Å². The molecule has 0 atom stereocenters. The summed E-state index contributed by atoms with van der Waals surface area (Å²) < 4.78 is 5.97. The Morgan fingerprint density at radius 1 is 1.40 bits per heavy atom. The van der Waals surface area contributed by atoms with Crippen LogP contribution in [0.2, 0.25) is 5.02 Å². The van der Waals surface area contributed by atoms with Gasteiger partial charge < -0.3 is 15.2 Å². The maximum Gasteiger partial charge on any atom is 0.337 e. The molecule has 1 aromatic heterocycles. The minimum Gasteiger partial charge on any atom is -0.497 e. The average Bonchev–Trinajstić information content (AvgIpc) is 2.40. The third-order valence-electron chi connectivity index (χ3n) is 2.47. The van der Waals surface area contributed by atoms with E-state index in [1.165, 1.54) is 12.3 Å². The van der Waals surface area contributed by atoms with Crippen LogP contribution in [0.25, 0.3) is 0 Å². The topological polar surface area (TPSA) is 71.5 Å². The van der Waals surface area contributed by atoms with E-state index in [-0.39, 0.29) is 10.6 Å². The summed E-state index contributed by atoms with van der Waals surface area (Å²) in [6, 6.07) is 6.77. The maximum atomic E-state index is 11.0. The van der Waals surface area contributed by atoms with Gasteiger partial charge in [0, 0.05) is 22.4 Å². The van der Waals surface area contributed by atoms with Crippen molar-refractivity contribution < 1.29 is 14.6 Å². The van der Waals surface area contributed by atoms with Crippen molar-refractivity contribution in [2.24, 2.45) is 0 Å². The van der Waals surface area contributed by atoms with Gasteiger partial charge in [-0.25, -0.2) is 9.78 Å². The van der Waals surface area contributed by atoms with E-state index in [1.54, 1.807) is 13.2 Å². The Kier molecular flexibility index (Phi) is 4.46. The van der Waals surface area contributed by atoms with Gasteiger partial charge in [0.15, 0.2) is 0 Å². The minimum absolute atomic E-state index is 0.00821. The second-order valence-electron chi connectivity index (χ2n) is 3.86. The van der Waals surface area contributed by atoms with E-state index in [1.807, 2.05) is 12.1 Å². The number of aromatic nitrogens is 1. The molecule has 2 N–H and O–H groups in total. The summed E-state index contributed by atoms with van der Waals surface area (Å²) in [6.45, 7) is 0. The average molecular weight is 358 g/mol. The van der Waals surface area contributed by atoms with Crippen LogP contribution in [0, 0.1) is 0 Å². The van der Waals surface area contributed by atoms with Crippen molar-refractivity contribution >= 4 is 45.0 Å². The number of nitrogens with zero attached hydrogens (tertiary/aromatic N) is 1. The molecule has 0 saturated carbocycles. The number of carboxylic acid groups (broad SMARTS) is 1. The first-order chi connectivity index (χ1) is 9.49. The van der Waals surface area contributed by atoms with Crippen LogP contribution in [-0.4, -0.2) is 23.2 Å². The van der Waals surface area contributed by atoms with E-state index in [2.05, 4.69) is 26.2 Å². The van der Waals surface area contributed by atoms with Crippen molar-refractivity contribution in [1.82, 2.24) is 4.98 Å². The highest BCUT2D eigenvalue weighted by atomic mass is 79.9. The molecule has 0 saturated heterocycles. The summed E-state index contributed by atoms with van der Waals surface area (Å²) in [5.74, 6) is -0.0616. The van der Waals surface area contributed by atoms with Gasteiger partial charge in [0.1, 0.15) is 11.6 Å². The Morgan fingerprint density at radius 2 is 2.15 bits per heavy atom. The molecule has 20 heavy (non-hydrogen) atoms. The quantitative estimate of drug-likeness (QED) is 0.867. The van der Waals surface area contributed by atoms with Gasteiger partial charge in [0.25, 0.3) is 0 Å². The number of hydrogen-bond acceptors (Lipinski definition) is 4. The fourth-order valence-corrected chi connectivity index (χ4v) is 2.23. The number of hydrogen-bond donors (Lipinski definition) is 2. The number of carboxylic acids is 1. The summed E-state index contributed by atoms with van der Waals surface area (Å²) in [7, 11) is 1.56. The first-order valence-corrected chi connectivity index (χ1v) is 6.67. The predicted molar refractivity (Wildman–Crippen MR) is 80.2 cm³/mol. The minimum atomic E-state index is -1.10. The van der Waals surface area contributed by atoms with Gasteiger partial charge in [-0.2, -0.15) is 0 Å². The molecule has 0 unspecified atom stereocenters. The molecule has 1 aromatic carbocycles. The molecule has 104 valence electrons. The Balaban J connectivity index is 2.32. The zero-order chi connectivity index (χ0) is 14.7. The van der Waals surface area contributed by atoms with Crippen molar-refractivity contribution in [1.29, 1.82) is 0 Å². The summed E-state index contributed by atoms with van der Waals surface area (Å²) in [4.78, 5) is 15.1. The molecular weight excluding hydrogens is 348 g/mol. The van der Waals surface area contributed by atoms with Crippen molar-refractivity contribution in [2.75, 3.05) is 12.4 Å². The molecule has 0 aliphatic heterocycles. The van der Waals surface area contributed by atoms with Gasteiger partial charge in [-0.3, -0.25) is 0 Å². The number of methoxy groups -OCH3 is 1. The lowest BCUT2D eigenvalue weighted by atomic mass is 10.2. The number of anilines is 2. The maximum absolute atomic E-state index is 11.0. The molecule has 0 fully saturated rings. The predicted octanol–water partition coefficient (Wildman–Crippen LogP) is 3.95. The van der Waals surface area contributed by atoms with Gasteiger partial charge in [-0.15, -0.1) is 0 Å². The van der Waals surface area contributed by atoms with E-state index in [0.29, 0.717) is 17.3 Å². The number of pyridine rings is 1. The molecule has 0 spiro atoms. The van der Waals surface area contributed by atoms with Crippen molar-refractivity contribution in [3.8, 4) is 5.75 Å². The third-order valence-corrected chi connectivity index (χ3v) is 3.22. The van der Waals surface area contributed by atoms with E-state index < -0.39 is 5.97 Å². The van der Waals surface area contributed by atoms with Crippen LogP contribution in [0.4, 0.5) is 11.5 Å². The Bertz CT molecular complexity index is 664. The number of nitrogens with one attached hydrogen (secondary N) is 1. The highest BCUT2D eigenvalue weighted by Gasteiger charge is 2.11. The SMILES string of the molecule is COc1cc(Br)cc(Nc2cc(C(=O)O)c(Cl)cn2)c1. The molecule has 2 aromatic rings. The zero-order valence-electron chi connectivity index (χ0n) is 10.4. The van der Waals surface area contributed by atoms with Crippen LogP contribution in [0.3, 0.4) is 0 Å². The number of ether oxygens (including phenoxy) is 1. The first-order valence-electron chi connectivity index (χ1n) is 5.50. The normalized spacial score (nSPS) is 10.2. The molecule has 0 amide bonds. The molecule has 7 heteroatoms.